The number of nitrogens with one attached hydrogen (secondary N) is 1. The lowest BCUT2D eigenvalue weighted by Gasteiger charge is -2.20. The molecule has 0 saturated heterocycles. The number of pyridine rings is 1. The highest BCUT2D eigenvalue weighted by atomic mass is 16.5. The van der Waals surface area contributed by atoms with E-state index in [-0.39, 0.29) is 24.0 Å². The molecule has 1 atom stereocenters. The number of carbonyl (C=O) groups is 2. The average Bonchev–Trinajstić information content (AvgIpc) is 2.37. The van der Waals surface area contributed by atoms with Gasteiger partial charge in [0, 0.05) is 25.9 Å². The number of nitrogens with zero attached hydrogens (tertiary/aromatic N) is 1. The Morgan fingerprint density at radius 1 is 1.44 bits per heavy atom. The van der Waals surface area contributed by atoms with E-state index < -0.39 is 5.92 Å². The molecule has 0 aliphatic carbocycles. The van der Waals surface area contributed by atoms with Crippen molar-refractivity contribution in [2.75, 3.05) is 20.7 Å². The molecule has 1 unspecified atom stereocenters. The number of rotatable bonds is 4. The summed E-state index contributed by atoms with van der Waals surface area (Å²) >= 11 is 0. The fourth-order valence-corrected chi connectivity index (χ4v) is 1.53. The van der Waals surface area contributed by atoms with E-state index in [1.807, 2.05) is 0 Å². The molecule has 1 heterocycles. The zero-order valence-corrected chi connectivity index (χ0v) is 10.6. The Morgan fingerprint density at radius 3 is 2.61 bits per heavy atom. The van der Waals surface area contributed by atoms with Crippen LogP contribution in [0.3, 0.4) is 0 Å². The maximum absolute atomic E-state index is 12.0. The number of methoxy groups -OCH3 is 1. The van der Waals surface area contributed by atoms with E-state index in [1.54, 1.807) is 14.0 Å². The van der Waals surface area contributed by atoms with E-state index in [4.69, 9.17) is 0 Å². The second-order valence-corrected chi connectivity index (χ2v) is 4.05. The summed E-state index contributed by atoms with van der Waals surface area (Å²) in [5.74, 6) is -1.02. The SMILES string of the molecule is COC(=O)C(C)CN(C)C(=O)c1ccc(=O)[nH]c1. The first kappa shape index (κ1) is 14.0. The third-order valence-electron chi connectivity index (χ3n) is 2.53. The lowest BCUT2D eigenvalue weighted by Crippen LogP contribution is -2.34. The fraction of sp³-hybridized carbons (Fsp3) is 0.417. The van der Waals surface area contributed by atoms with Gasteiger partial charge in [-0.2, -0.15) is 0 Å². The summed E-state index contributed by atoms with van der Waals surface area (Å²) in [7, 11) is 2.90. The van der Waals surface area contributed by atoms with E-state index in [0.29, 0.717) is 5.56 Å². The second kappa shape index (κ2) is 6.00. The third-order valence-corrected chi connectivity index (χ3v) is 2.53. The number of hydrogen-bond acceptors (Lipinski definition) is 4. The van der Waals surface area contributed by atoms with Gasteiger partial charge in [0.2, 0.25) is 5.56 Å². The summed E-state index contributed by atoms with van der Waals surface area (Å²) in [5.41, 5.74) is 0.103. The van der Waals surface area contributed by atoms with Crippen LogP contribution in [0.2, 0.25) is 0 Å². The Labute approximate surface area is 105 Å². The van der Waals surface area contributed by atoms with Crippen LogP contribution in [0.25, 0.3) is 0 Å². The lowest BCUT2D eigenvalue weighted by atomic mass is 10.1. The number of carbonyl (C=O) groups excluding carboxylic acids is 2. The number of aromatic nitrogens is 1. The first-order valence-corrected chi connectivity index (χ1v) is 5.47. The predicted molar refractivity (Wildman–Crippen MR) is 65.2 cm³/mol. The van der Waals surface area contributed by atoms with E-state index in [0.717, 1.165) is 0 Å². The Balaban J connectivity index is 2.69. The van der Waals surface area contributed by atoms with Crippen LogP contribution in [0.15, 0.2) is 23.1 Å². The quantitative estimate of drug-likeness (QED) is 0.779. The van der Waals surface area contributed by atoms with Crippen LogP contribution in [0, 0.1) is 5.92 Å². The summed E-state index contributed by atoms with van der Waals surface area (Å²) in [6.07, 6.45) is 1.35. The zero-order chi connectivity index (χ0) is 13.7. The van der Waals surface area contributed by atoms with Gasteiger partial charge in [0.05, 0.1) is 18.6 Å². The standard InChI is InChI=1S/C12H16N2O4/c1-8(12(17)18-3)7-14(2)11(16)9-4-5-10(15)13-6-9/h4-6,8H,7H2,1-3H3,(H,13,15). The summed E-state index contributed by atoms with van der Waals surface area (Å²) in [5, 5.41) is 0. The van der Waals surface area contributed by atoms with Gasteiger partial charge in [0.25, 0.3) is 5.91 Å². The van der Waals surface area contributed by atoms with Crippen molar-refractivity contribution in [2.24, 2.45) is 5.92 Å². The van der Waals surface area contributed by atoms with Crippen molar-refractivity contribution in [3.63, 3.8) is 0 Å². The minimum atomic E-state index is -0.397. The highest BCUT2D eigenvalue weighted by Gasteiger charge is 2.19. The van der Waals surface area contributed by atoms with Gasteiger partial charge >= 0.3 is 5.97 Å². The van der Waals surface area contributed by atoms with Crippen LogP contribution < -0.4 is 5.56 Å². The summed E-state index contributed by atoms with van der Waals surface area (Å²) in [6, 6.07) is 2.73. The molecule has 0 radical (unpaired) electrons. The van der Waals surface area contributed by atoms with Crippen molar-refractivity contribution < 1.29 is 14.3 Å². The predicted octanol–water partition coefficient (Wildman–Crippen LogP) is 0.256. The molecule has 0 aliphatic rings. The monoisotopic (exact) mass is 252 g/mol. The van der Waals surface area contributed by atoms with Crippen LogP contribution >= 0.6 is 0 Å². The van der Waals surface area contributed by atoms with Gasteiger partial charge < -0.3 is 14.6 Å². The first-order chi connectivity index (χ1) is 8.45. The molecule has 6 nitrogen and oxygen atoms in total. The number of H-pyrrole nitrogens is 1. The second-order valence-electron chi connectivity index (χ2n) is 4.05. The lowest BCUT2D eigenvalue weighted by molar-refractivity contribution is -0.145. The molecular weight excluding hydrogens is 236 g/mol. The summed E-state index contributed by atoms with van der Waals surface area (Å²) < 4.78 is 4.59. The van der Waals surface area contributed by atoms with E-state index in [9.17, 15) is 14.4 Å². The molecule has 0 spiro atoms. The van der Waals surface area contributed by atoms with Crippen LogP contribution in [-0.4, -0.2) is 42.5 Å². The highest BCUT2D eigenvalue weighted by molar-refractivity contribution is 5.93. The van der Waals surface area contributed by atoms with Crippen molar-refractivity contribution >= 4 is 11.9 Å². The minimum absolute atomic E-state index is 0.255. The fourth-order valence-electron chi connectivity index (χ4n) is 1.53. The molecule has 1 N–H and O–H groups in total. The van der Waals surface area contributed by atoms with Gasteiger partial charge in [-0.3, -0.25) is 14.4 Å². The van der Waals surface area contributed by atoms with E-state index >= 15 is 0 Å². The Morgan fingerprint density at radius 2 is 2.11 bits per heavy atom. The molecule has 0 aromatic carbocycles. The molecule has 1 aromatic rings. The van der Waals surface area contributed by atoms with E-state index in [2.05, 4.69) is 9.72 Å². The first-order valence-electron chi connectivity index (χ1n) is 5.47. The van der Waals surface area contributed by atoms with Gasteiger partial charge in [0.1, 0.15) is 0 Å². The van der Waals surface area contributed by atoms with E-state index in [1.165, 1.54) is 30.3 Å². The Kier molecular flexibility index (Phi) is 4.65. The molecule has 0 bridgehead atoms. The smallest absolute Gasteiger partial charge is 0.310 e. The van der Waals surface area contributed by atoms with Crippen molar-refractivity contribution in [3.8, 4) is 0 Å². The Bertz CT molecular complexity index is 475. The van der Waals surface area contributed by atoms with Gasteiger partial charge in [-0.1, -0.05) is 6.92 Å². The minimum Gasteiger partial charge on any atom is -0.469 e. The largest absolute Gasteiger partial charge is 0.469 e. The molecule has 0 saturated carbocycles. The molecule has 1 aromatic heterocycles. The normalized spacial score (nSPS) is 11.7. The Hall–Kier alpha value is -2.11. The van der Waals surface area contributed by atoms with Crippen LogP contribution in [0.4, 0.5) is 0 Å². The van der Waals surface area contributed by atoms with Crippen molar-refractivity contribution in [1.82, 2.24) is 9.88 Å². The van der Waals surface area contributed by atoms with Gasteiger partial charge in [-0.25, -0.2) is 0 Å². The third kappa shape index (κ3) is 3.44. The maximum atomic E-state index is 12.0. The van der Waals surface area contributed by atoms with Crippen molar-refractivity contribution in [1.29, 1.82) is 0 Å². The molecule has 0 fully saturated rings. The zero-order valence-electron chi connectivity index (χ0n) is 10.6. The van der Waals surface area contributed by atoms with Crippen LogP contribution in [0.1, 0.15) is 17.3 Å². The number of amides is 1. The number of aromatic amines is 1. The molecular formula is C12H16N2O4. The van der Waals surface area contributed by atoms with Crippen LogP contribution in [0.5, 0.6) is 0 Å². The summed E-state index contributed by atoms with van der Waals surface area (Å²) in [4.78, 5) is 37.9. The van der Waals surface area contributed by atoms with Gasteiger partial charge in [-0.05, 0) is 6.07 Å². The topological polar surface area (TPSA) is 79.5 Å². The molecule has 1 amide bonds. The molecule has 0 aliphatic heterocycles. The molecule has 98 valence electrons. The maximum Gasteiger partial charge on any atom is 0.310 e. The molecule has 6 heteroatoms. The van der Waals surface area contributed by atoms with Gasteiger partial charge in [0.15, 0.2) is 0 Å². The average molecular weight is 252 g/mol. The number of ether oxygens (including phenoxy) is 1. The highest BCUT2D eigenvalue weighted by Crippen LogP contribution is 2.05. The number of hydrogen-bond donors (Lipinski definition) is 1. The number of esters is 1. The van der Waals surface area contributed by atoms with Gasteiger partial charge in [-0.15, -0.1) is 0 Å². The van der Waals surface area contributed by atoms with Crippen molar-refractivity contribution in [3.05, 3.63) is 34.2 Å². The summed E-state index contributed by atoms with van der Waals surface area (Å²) in [6.45, 7) is 1.94. The molecule has 18 heavy (non-hydrogen) atoms. The van der Waals surface area contributed by atoms with Crippen LogP contribution in [-0.2, 0) is 9.53 Å². The molecule has 1 rings (SSSR count). The van der Waals surface area contributed by atoms with Crippen molar-refractivity contribution in [2.45, 2.75) is 6.92 Å².